The van der Waals surface area contributed by atoms with Crippen LogP contribution in [0.15, 0.2) is 54.1 Å². The van der Waals surface area contributed by atoms with Gasteiger partial charge in [0.25, 0.3) is 11.7 Å². The van der Waals surface area contributed by atoms with Crippen LogP contribution in [0.25, 0.3) is 5.76 Å². The van der Waals surface area contributed by atoms with Crippen LogP contribution in [0.1, 0.15) is 37.9 Å². The second kappa shape index (κ2) is 10.3. The van der Waals surface area contributed by atoms with Crippen molar-refractivity contribution in [1.29, 1.82) is 0 Å². The lowest BCUT2D eigenvalue weighted by Gasteiger charge is -2.28. The number of aromatic hydroxyl groups is 1. The number of phenolic OH excluding ortho intramolecular Hbond substituents is 1. The number of carbonyl (C=O) groups excluding carboxylic acids is 2. The molecule has 170 valence electrons. The number of aliphatic hydroxyl groups is 1. The van der Waals surface area contributed by atoms with Gasteiger partial charge in [-0.05, 0) is 49.8 Å². The minimum Gasteiger partial charge on any atom is -0.508 e. The number of nitrogens with zero attached hydrogens (tertiary/aromatic N) is 2. The standard InChI is InChI=1S/C25H30N2O5/c1-4-26(5-2)13-14-27-22(17-9-7-11-19(28)15-17)21(24(30)25(27)31)23(29)18-10-8-12-20(16-18)32-6-3/h7-12,15-16,22,28-29H,4-6,13-14H2,1-3H3/b23-21-. The van der Waals surface area contributed by atoms with E-state index in [1.54, 1.807) is 36.4 Å². The summed E-state index contributed by atoms with van der Waals surface area (Å²) in [4.78, 5) is 29.7. The number of phenols is 1. The van der Waals surface area contributed by atoms with Gasteiger partial charge < -0.3 is 24.7 Å². The molecule has 1 fully saturated rings. The van der Waals surface area contributed by atoms with E-state index in [4.69, 9.17) is 4.74 Å². The Hall–Kier alpha value is -3.32. The summed E-state index contributed by atoms with van der Waals surface area (Å²) < 4.78 is 5.51. The Bertz CT molecular complexity index is 1010. The van der Waals surface area contributed by atoms with Gasteiger partial charge in [0, 0.05) is 18.7 Å². The molecule has 1 atom stereocenters. The molecule has 32 heavy (non-hydrogen) atoms. The van der Waals surface area contributed by atoms with Crippen LogP contribution in [0.3, 0.4) is 0 Å². The molecule has 0 saturated carbocycles. The van der Waals surface area contributed by atoms with Crippen molar-refractivity contribution in [3.8, 4) is 11.5 Å². The minimum atomic E-state index is -0.798. The fourth-order valence-corrected chi connectivity index (χ4v) is 4.00. The number of rotatable bonds is 9. The Labute approximate surface area is 188 Å². The van der Waals surface area contributed by atoms with Gasteiger partial charge in [-0.25, -0.2) is 0 Å². The van der Waals surface area contributed by atoms with Crippen molar-refractivity contribution in [3.63, 3.8) is 0 Å². The van der Waals surface area contributed by atoms with Crippen molar-refractivity contribution in [1.82, 2.24) is 9.80 Å². The highest BCUT2D eigenvalue weighted by molar-refractivity contribution is 6.46. The first-order valence-electron chi connectivity index (χ1n) is 10.9. The van der Waals surface area contributed by atoms with E-state index in [9.17, 15) is 19.8 Å². The predicted molar refractivity (Wildman–Crippen MR) is 123 cm³/mol. The molecule has 0 bridgehead atoms. The van der Waals surface area contributed by atoms with Crippen LogP contribution < -0.4 is 4.74 Å². The second-order valence-electron chi connectivity index (χ2n) is 7.58. The van der Waals surface area contributed by atoms with Crippen molar-refractivity contribution in [3.05, 3.63) is 65.2 Å². The Morgan fingerprint density at radius 2 is 1.78 bits per heavy atom. The van der Waals surface area contributed by atoms with E-state index in [0.717, 1.165) is 13.1 Å². The lowest BCUT2D eigenvalue weighted by molar-refractivity contribution is -0.140. The van der Waals surface area contributed by atoms with Crippen LogP contribution in [0.5, 0.6) is 11.5 Å². The third-order valence-electron chi connectivity index (χ3n) is 5.70. The third kappa shape index (κ3) is 4.78. The van der Waals surface area contributed by atoms with Crippen LogP contribution >= 0.6 is 0 Å². The summed E-state index contributed by atoms with van der Waals surface area (Å²) in [5.41, 5.74) is 0.961. The van der Waals surface area contributed by atoms with Crippen LogP contribution in [-0.2, 0) is 9.59 Å². The highest BCUT2D eigenvalue weighted by atomic mass is 16.5. The number of amides is 1. The summed E-state index contributed by atoms with van der Waals surface area (Å²) in [7, 11) is 0. The highest BCUT2D eigenvalue weighted by Gasteiger charge is 2.46. The molecule has 0 aliphatic carbocycles. The molecule has 7 nitrogen and oxygen atoms in total. The smallest absolute Gasteiger partial charge is 0.295 e. The van der Waals surface area contributed by atoms with Crippen LogP contribution in [0.4, 0.5) is 0 Å². The zero-order chi connectivity index (χ0) is 23.3. The van der Waals surface area contributed by atoms with Crippen molar-refractivity contribution >= 4 is 17.4 Å². The van der Waals surface area contributed by atoms with Gasteiger partial charge in [0.05, 0.1) is 18.2 Å². The Morgan fingerprint density at radius 1 is 1.06 bits per heavy atom. The molecule has 3 rings (SSSR count). The summed E-state index contributed by atoms with van der Waals surface area (Å²) in [5, 5.41) is 21.2. The lowest BCUT2D eigenvalue weighted by Crippen LogP contribution is -2.38. The van der Waals surface area contributed by atoms with Gasteiger partial charge in [0.15, 0.2) is 0 Å². The molecule has 7 heteroatoms. The summed E-state index contributed by atoms with van der Waals surface area (Å²) in [5.74, 6) is -1.08. The fraction of sp³-hybridized carbons (Fsp3) is 0.360. The van der Waals surface area contributed by atoms with E-state index < -0.39 is 17.7 Å². The molecule has 1 unspecified atom stereocenters. The number of Topliss-reactive ketones (excluding diaryl/α,β-unsaturated/α-hetero) is 1. The van der Waals surface area contributed by atoms with E-state index in [2.05, 4.69) is 4.90 Å². The van der Waals surface area contributed by atoms with E-state index in [1.807, 2.05) is 20.8 Å². The summed E-state index contributed by atoms with van der Waals surface area (Å²) >= 11 is 0. The highest BCUT2D eigenvalue weighted by Crippen LogP contribution is 2.40. The molecular weight excluding hydrogens is 408 g/mol. The molecule has 1 aliphatic rings. The van der Waals surface area contributed by atoms with Gasteiger partial charge in [-0.15, -0.1) is 0 Å². The Morgan fingerprint density at radius 3 is 2.44 bits per heavy atom. The fourth-order valence-electron chi connectivity index (χ4n) is 4.00. The van der Waals surface area contributed by atoms with E-state index >= 15 is 0 Å². The molecule has 0 spiro atoms. The largest absolute Gasteiger partial charge is 0.508 e. The number of hydrogen-bond donors (Lipinski definition) is 2. The Balaban J connectivity index is 2.10. The zero-order valence-electron chi connectivity index (χ0n) is 18.7. The SMILES string of the molecule is CCOc1cccc(/C(O)=C2/C(=O)C(=O)N(CCN(CC)CC)C2c2cccc(O)c2)c1. The summed E-state index contributed by atoms with van der Waals surface area (Å²) in [6, 6.07) is 12.4. The first kappa shape index (κ1) is 23.3. The molecule has 2 aromatic rings. The molecule has 0 aromatic heterocycles. The van der Waals surface area contributed by atoms with E-state index in [0.29, 0.717) is 36.6 Å². The van der Waals surface area contributed by atoms with Crippen molar-refractivity contribution < 1.29 is 24.5 Å². The van der Waals surface area contributed by atoms with Crippen LogP contribution in [0.2, 0.25) is 0 Å². The van der Waals surface area contributed by atoms with Gasteiger partial charge in [-0.2, -0.15) is 0 Å². The molecule has 0 radical (unpaired) electrons. The van der Waals surface area contributed by atoms with E-state index in [1.165, 1.54) is 17.0 Å². The molecular formula is C25H30N2O5. The molecule has 1 heterocycles. The maximum Gasteiger partial charge on any atom is 0.295 e. The topological polar surface area (TPSA) is 90.3 Å². The first-order chi connectivity index (χ1) is 15.4. The van der Waals surface area contributed by atoms with Crippen molar-refractivity contribution in [2.24, 2.45) is 0 Å². The van der Waals surface area contributed by atoms with Gasteiger partial charge >= 0.3 is 0 Å². The number of ketones is 1. The zero-order valence-corrected chi connectivity index (χ0v) is 18.7. The number of likely N-dealkylation sites (tertiary alicyclic amines) is 1. The maximum atomic E-state index is 13.1. The molecule has 2 N–H and O–H groups in total. The summed E-state index contributed by atoms with van der Waals surface area (Å²) in [6.07, 6.45) is 0. The molecule has 2 aromatic carbocycles. The normalized spacial score (nSPS) is 17.9. The minimum absolute atomic E-state index is 0.00814. The Kier molecular flexibility index (Phi) is 7.53. The van der Waals surface area contributed by atoms with Crippen molar-refractivity contribution in [2.75, 3.05) is 32.8 Å². The number of carbonyl (C=O) groups is 2. The number of benzene rings is 2. The second-order valence-corrected chi connectivity index (χ2v) is 7.58. The number of hydrogen-bond acceptors (Lipinski definition) is 6. The van der Waals surface area contributed by atoms with Crippen LogP contribution in [0, 0.1) is 0 Å². The quantitative estimate of drug-likeness (QED) is 0.354. The molecule has 1 aliphatic heterocycles. The lowest BCUT2D eigenvalue weighted by atomic mass is 9.95. The van der Waals surface area contributed by atoms with E-state index in [-0.39, 0.29) is 17.1 Å². The number of aliphatic hydroxyl groups excluding tert-OH is 1. The van der Waals surface area contributed by atoms with Crippen molar-refractivity contribution in [2.45, 2.75) is 26.8 Å². The van der Waals surface area contributed by atoms with Crippen LogP contribution in [-0.4, -0.2) is 64.5 Å². The van der Waals surface area contributed by atoms with Gasteiger partial charge in [0.1, 0.15) is 17.3 Å². The third-order valence-corrected chi connectivity index (χ3v) is 5.70. The predicted octanol–water partition coefficient (Wildman–Crippen LogP) is 3.55. The summed E-state index contributed by atoms with van der Waals surface area (Å²) in [6.45, 7) is 8.95. The first-order valence-corrected chi connectivity index (χ1v) is 10.9. The monoisotopic (exact) mass is 438 g/mol. The number of ether oxygens (including phenoxy) is 1. The van der Waals surface area contributed by atoms with Gasteiger partial charge in [-0.3, -0.25) is 9.59 Å². The number of likely N-dealkylation sites (N-methyl/N-ethyl adjacent to an activating group) is 1. The van der Waals surface area contributed by atoms with Gasteiger partial charge in [-0.1, -0.05) is 38.1 Å². The molecule has 1 amide bonds. The van der Waals surface area contributed by atoms with Gasteiger partial charge in [0.2, 0.25) is 0 Å². The maximum absolute atomic E-state index is 13.1. The average Bonchev–Trinajstić information content (AvgIpc) is 3.04. The molecule has 1 saturated heterocycles. The average molecular weight is 439 g/mol.